The molecule has 1 heterocycles. The molecule has 0 saturated heterocycles. The first-order valence-electron chi connectivity index (χ1n) is 6.28. The molecule has 6 nitrogen and oxygen atoms in total. The molecule has 1 aromatic carbocycles. The molecule has 0 amide bonds. The summed E-state index contributed by atoms with van der Waals surface area (Å²) < 4.78 is 1.77. The predicted molar refractivity (Wildman–Crippen MR) is 79.0 cm³/mol. The van der Waals surface area contributed by atoms with Crippen LogP contribution >= 0.6 is 0 Å². The fourth-order valence-corrected chi connectivity index (χ4v) is 2.14. The number of hydrogen-bond acceptors (Lipinski definition) is 4. The number of amidine groups is 1. The molecule has 1 aromatic heterocycles. The summed E-state index contributed by atoms with van der Waals surface area (Å²) in [6, 6.07) is 5.82. The predicted octanol–water partition coefficient (Wildman–Crippen LogP) is 1.46. The molecule has 0 bridgehead atoms. The molecule has 0 atom stereocenters. The fourth-order valence-electron chi connectivity index (χ4n) is 2.14. The Balaban J connectivity index is 2.32. The Bertz CT molecular complexity index is 632. The van der Waals surface area contributed by atoms with Gasteiger partial charge in [-0.1, -0.05) is 11.2 Å². The minimum absolute atomic E-state index is 0.109. The summed E-state index contributed by atoms with van der Waals surface area (Å²) in [4.78, 5) is 2.05. The summed E-state index contributed by atoms with van der Waals surface area (Å²) >= 11 is 0. The van der Waals surface area contributed by atoms with Gasteiger partial charge in [0.15, 0.2) is 5.84 Å². The van der Waals surface area contributed by atoms with E-state index in [0.717, 1.165) is 16.8 Å². The summed E-state index contributed by atoms with van der Waals surface area (Å²) in [6.07, 6.45) is 3.80. The van der Waals surface area contributed by atoms with Gasteiger partial charge in [-0.15, -0.1) is 0 Å². The molecular weight excluding hydrogens is 254 g/mol. The number of anilines is 1. The van der Waals surface area contributed by atoms with Gasteiger partial charge in [0.2, 0.25) is 0 Å². The molecule has 0 unspecified atom stereocenters. The highest BCUT2D eigenvalue weighted by molar-refractivity contribution is 6.02. The second-order valence-corrected chi connectivity index (χ2v) is 4.88. The molecule has 20 heavy (non-hydrogen) atoms. The third-order valence-corrected chi connectivity index (χ3v) is 3.13. The average Bonchev–Trinajstić information content (AvgIpc) is 2.83. The molecule has 0 saturated carbocycles. The third-order valence-electron chi connectivity index (χ3n) is 3.13. The van der Waals surface area contributed by atoms with Gasteiger partial charge < -0.3 is 15.8 Å². The van der Waals surface area contributed by atoms with E-state index in [4.69, 9.17) is 10.9 Å². The molecule has 0 aliphatic heterocycles. The second kappa shape index (κ2) is 5.64. The minimum atomic E-state index is 0.109. The zero-order chi connectivity index (χ0) is 14.7. The maximum Gasteiger partial charge on any atom is 0.172 e. The van der Waals surface area contributed by atoms with Crippen LogP contribution in [-0.2, 0) is 13.6 Å². The van der Waals surface area contributed by atoms with Crippen LogP contribution in [0.15, 0.2) is 35.7 Å². The van der Waals surface area contributed by atoms with Crippen LogP contribution in [-0.4, -0.2) is 27.9 Å². The van der Waals surface area contributed by atoms with Crippen molar-refractivity contribution in [2.75, 3.05) is 11.9 Å². The van der Waals surface area contributed by atoms with Crippen LogP contribution in [0.2, 0.25) is 0 Å². The van der Waals surface area contributed by atoms with Crippen molar-refractivity contribution in [2.45, 2.75) is 13.5 Å². The van der Waals surface area contributed by atoms with Gasteiger partial charge in [0.25, 0.3) is 0 Å². The highest BCUT2D eigenvalue weighted by atomic mass is 16.4. The molecule has 3 N–H and O–H groups in total. The average molecular weight is 273 g/mol. The standard InChI is InChI=1S/C14H19N5O/c1-10-4-5-12(14(15)17-20)13(6-10)18(2)8-11-7-16-19(3)9-11/h4-7,9,20H,8H2,1-3H3,(H2,15,17). The minimum Gasteiger partial charge on any atom is -0.409 e. The van der Waals surface area contributed by atoms with E-state index in [1.54, 1.807) is 4.68 Å². The van der Waals surface area contributed by atoms with Crippen LogP contribution in [0.25, 0.3) is 0 Å². The molecule has 0 radical (unpaired) electrons. The number of oxime groups is 1. The molecule has 2 rings (SSSR count). The lowest BCUT2D eigenvalue weighted by Gasteiger charge is -2.22. The van der Waals surface area contributed by atoms with Crippen LogP contribution in [0.1, 0.15) is 16.7 Å². The Hall–Kier alpha value is -2.50. The van der Waals surface area contributed by atoms with Gasteiger partial charge in [0.1, 0.15) is 0 Å². The number of hydrogen-bond donors (Lipinski definition) is 2. The van der Waals surface area contributed by atoms with Gasteiger partial charge >= 0.3 is 0 Å². The van der Waals surface area contributed by atoms with E-state index < -0.39 is 0 Å². The van der Waals surface area contributed by atoms with Gasteiger partial charge in [0, 0.05) is 43.7 Å². The fraction of sp³-hybridized carbons (Fsp3) is 0.286. The van der Waals surface area contributed by atoms with Crippen LogP contribution in [0.3, 0.4) is 0 Å². The molecule has 6 heteroatoms. The van der Waals surface area contributed by atoms with Crippen molar-refractivity contribution in [3.05, 3.63) is 47.3 Å². The van der Waals surface area contributed by atoms with Gasteiger partial charge in [-0.2, -0.15) is 5.10 Å². The lowest BCUT2D eigenvalue weighted by molar-refractivity contribution is 0.318. The Morgan fingerprint density at radius 2 is 2.25 bits per heavy atom. The van der Waals surface area contributed by atoms with Crippen LogP contribution in [0.4, 0.5) is 5.69 Å². The van der Waals surface area contributed by atoms with Gasteiger partial charge in [-0.05, 0) is 24.6 Å². The molecule has 0 aliphatic carbocycles. The number of benzene rings is 1. The molecule has 106 valence electrons. The van der Waals surface area contributed by atoms with Crippen LogP contribution in [0, 0.1) is 6.92 Å². The molecule has 0 aliphatic rings. The number of nitrogens with two attached hydrogens (primary N) is 1. The number of aryl methyl sites for hydroxylation is 2. The number of nitrogens with zero attached hydrogens (tertiary/aromatic N) is 4. The summed E-state index contributed by atoms with van der Waals surface area (Å²) in [7, 11) is 3.86. The summed E-state index contributed by atoms with van der Waals surface area (Å²) in [6.45, 7) is 2.71. The van der Waals surface area contributed by atoms with E-state index in [-0.39, 0.29) is 5.84 Å². The zero-order valence-electron chi connectivity index (χ0n) is 11.9. The maximum absolute atomic E-state index is 8.89. The van der Waals surface area contributed by atoms with Crippen molar-refractivity contribution in [1.29, 1.82) is 0 Å². The van der Waals surface area contributed by atoms with Crippen LogP contribution < -0.4 is 10.6 Å². The van der Waals surface area contributed by atoms with E-state index in [2.05, 4.69) is 15.2 Å². The molecule has 0 fully saturated rings. The topological polar surface area (TPSA) is 79.7 Å². The van der Waals surface area contributed by atoms with Crippen molar-refractivity contribution in [2.24, 2.45) is 17.9 Å². The van der Waals surface area contributed by atoms with Gasteiger partial charge in [-0.3, -0.25) is 4.68 Å². The smallest absolute Gasteiger partial charge is 0.172 e. The van der Waals surface area contributed by atoms with Crippen molar-refractivity contribution in [1.82, 2.24) is 9.78 Å². The first kappa shape index (κ1) is 13.9. The molecular formula is C14H19N5O. The summed E-state index contributed by atoms with van der Waals surface area (Å²) in [5.74, 6) is 0.109. The highest BCUT2D eigenvalue weighted by Crippen LogP contribution is 2.22. The quantitative estimate of drug-likeness (QED) is 0.382. The van der Waals surface area contributed by atoms with Crippen molar-refractivity contribution in [3.8, 4) is 0 Å². The van der Waals surface area contributed by atoms with Crippen LogP contribution in [0.5, 0.6) is 0 Å². The summed E-state index contributed by atoms with van der Waals surface area (Å²) in [5.41, 5.74) is 9.59. The third kappa shape index (κ3) is 2.90. The Morgan fingerprint density at radius 1 is 1.50 bits per heavy atom. The van der Waals surface area contributed by atoms with Crippen molar-refractivity contribution in [3.63, 3.8) is 0 Å². The summed E-state index contributed by atoms with van der Waals surface area (Å²) in [5, 5.41) is 16.1. The van der Waals surface area contributed by atoms with E-state index in [0.29, 0.717) is 12.1 Å². The monoisotopic (exact) mass is 273 g/mol. The lowest BCUT2D eigenvalue weighted by Crippen LogP contribution is -2.22. The molecule has 2 aromatic rings. The van der Waals surface area contributed by atoms with Gasteiger partial charge in [-0.25, -0.2) is 0 Å². The van der Waals surface area contributed by atoms with Crippen molar-refractivity contribution < 1.29 is 5.21 Å². The van der Waals surface area contributed by atoms with E-state index in [9.17, 15) is 0 Å². The Labute approximate surface area is 118 Å². The van der Waals surface area contributed by atoms with Gasteiger partial charge in [0.05, 0.1) is 6.20 Å². The molecule has 0 spiro atoms. The maximum atomic E-state index is 8.89. The lowest BCUT2D eigenvalue weighted by atomic mass is 10.1. The van der Waals surface area contributed by atoms with E-state index >= 15 is 0 Å². The van der Waals surface area contributed by atoms with Crippen molar-refractivity contribution >= 4 is 11.5 Å². The first-order valence-corrected chi connectivity index (χ1v) is 6.28. The zero-order valence-corrected chi connectivity index (χ0v) is 11.9. The number of rotatable bonds is 4. The van der Waals surface area contributed by atoms with E-state index in [1.807, 2.05) is 51.6 Å². The normalized spacial score (nSPS) is 11.7. The number of aromatic nitrogens is 2. The highest BCUT2D eigenvalue weighted by Gasteiger charge is 2.12. The van der Waals surface area contributed by atoms with E-state index in [1.165, 1.54) is 0 Å². The Morgan fingerprint density at radius 3 is 2.85 bits per heavy atom. The largest absolute Gasteiger partial charge is 0.409 e. The second-order valence-electron chi connectivity index (χ2n) is 4.88. The Kier molecular flexibility index (Phi) is 3.93. The first-order chi connectivity index (χ1) is 9.51. The SMILES string of the molecule is Cc1ccc(C(N)=NO)c(N(C)Cc2cnn(C)c2)c1.